The zero-order valence-corrected chi connectivity index (χ0v) is 10.7. The summed E-state index contributed by atoms with van der Waals surface area (Å²) >= 11 is 0. The van der Waals surface area contributed by atoms with Crippen LogP contribution in [0.1, 0.15) is 25.3 Å². The van der Waals surface area contributed by atoms with E-state index in [1.54, 1.807) is 0 Å². The molecule has 1 aromatic rings. The lowest BCUT2D eigenvalue weighted by atomic mass is 9.85. The largest absolute Gasteiger partial charge is 0.480 e. The quantitative estimate of drug-likeness (QED) is 0.845. The van der Waals surface area contributed by atoms with Gasteiger partial charge in [0.05, 0.1) is 0 Å². The van der Waals surface area contributed by atoms with Crippen molar-refractivity contribution in [2.24, 2.45) is 5.73 Å². The molecule has 0 radical (unpaired) electrons. The summed E-state index contributed by atoms with van der Waals surface area (Å²) in [5, 5.41) is 9.74. The second-order valence-electron chi connectivity index (χ2n) is 4.88. The molecule has 2 rings (SSSR count). The maximum absolute atomic E-state index is 11.9. The Morgan fingerprint density at radius 1 is 1.50 bits per heavy atom. The van der Waals surface area contributed by atoms with E-state index in [2.05, 4.69) is 0 Å². The minimum absolute atomic E-state index is 0.0824. The summed E-state index contributed by atoms with van der Waals surface area (Å²) < 4.78 is 0. The molecule has 1 aliphatic heterocycles. The molecule has 0 bridgehead atoms. The fraction of sp³-hybridized carbons (Fsp3) is 0.500. The van der Waals surface area contributed by atoms with Crippen LogP contribution in [0.2, 0.25) is 0 Å². The van der Waals surface area contributed by atoms with E-state index in [0.29, 0.717) is 13.0 Å². The predicted molar refractivity (Wildman–Crippen MR) is 70.2 cm³/mol. The van der Waals surface area contributed by atoms with E-state index in [4.69, 9.17) is 5.73 Å². The summed E-state index contributed by atoms with van der Waals surface area (Å²) in [4.78, 5) is 13.9. The molecule has 1 aromatic carbocycles. The monoisotopic (exact) mass is 248 g/mol. The summed E-state index contributed by atoms with van der Waals surface area (Å²) in [5.74, 6) is -0.787. The number of hydrogen-bond acceptors (Lipinski definition) is 3. The Kier molecular flexibility index (Phi) is 3.68. The molecule has 1 fully saturated rings. The van der Waals surface area contributed by atoms with Gasteiger partial charge in [0.15, 0.2) is 0 Å². The minimum atomic E-state index is -0.935. The Morgan fingerprint density at radius 2 is 2.17 bits per heavy atom. The maximum Gasteiger partial charge on any atom is 0.328 e. The molecule has 1 aliphatic rings. The van der Waals surface area contributed by atoms with Crippen LogP contribution in [-0.2, 0) is 10.3 Å². The molecule has 0 saturated carbocycles. The molecule has 2 unspecified atom stereocenters. The second-order valence-corrected chi connectivity index (χ2v) is 4.88. The molecule has 4 heteroatoms. The van der Waals surface area contributed by atoms with Gasteiger partial charge in [-0.2, -0.15) is 0 Å². The molecule has 1 saturated heterocycles. The number of hydrogen-bond donors (Lipinski definition) is 2. The Hall–Kier alpha value is -1.39. The molecule has 0 aromatic heterocycles. The highest BCUT2D eigenvalue weighted by molar-refractivity contribution is 5.80. The van der Waals surface area contributed by atoms with Crippen LogP contribution < -0.4 is 5.73 Å². The van der Waals surface area contributed by atoms with Crippen LogP contribution in [0, 0.1) is 0 Å². The molecule has 0 spiro atoms. The number of benzene rings is 1. The van der Waals surface area contributed by atoms with Gasteiger partial charge >= 0.3 is 5.97 Å². The predicted octanol–water partition coefficient (Wildman–Crippen LogP) is 1.41. The van der Waals surface area contributed by atoms with E-state index < -0.39 is 11.5 Å². The number of nitrogens with two attached hydrogens (primary N) is 1. The van der Waals surface area contributed by atoms with Gasteiger partial charge in [-0.25, -0.2) is 4.79 Å². The first-order valence-corrected chi connectivity index (χ1v) is 6.40. The molecule has 4 nitrogen and oxygen atoms in total. The van der Waals surface area contributed by atoms with Gasteiger partial charge in [-0.1, -0.05) is 37.3 Å². The van der Waals surface area contributed by atoms with Crippen molar-refractivity contribution in [3.8, 4) is 0 Å². The van der Waals surface area contributed by atoms with E-state index in [0.717, 1.165) is 18.5 Å². The molecule has 98 valence electrons. The first-order chi connectivity index (χ1) is 8.61. The lowest BCUT2D eigenvalue weighted by Crippen LogP contribution is -2.51. The van der Waals surface area contributed by atoms with E-state index in [9.17, 15) is 9.90 Å². The van der Waals surface area contributed by atoms with Gasteiger partial charge in [0.2, 0.25) is 0 Å². The Balaban J connectivity index is 2.43. The van der Waals surface area contributed by atoms with Crippen molar-refractivity contribution in [1.29, 1.82) is 0 Å². The number of likely N-dealkylation sites (tertiary alicyclic amines) is 1. The van der Waals surface area contributed by atoms with Crippen molar-refractivity contribution >= 4 is 5.97 Å². The third-order valence-electron chi connectivity index (χ3n) is 3.88. The highest BCUT2D eigenvalue weighted by atomic mass is 16.4. The number of carboxylic acids is 1. The highest BCUT2D eigenvalue weighted by Crippen LogP contribution is 2.35. The highest BCUT2D eigenvalue weighted by Gasteiger charge is 2.46. The van der Waals surface area contributed by atoms with Crippen molar-refractivity contribution in [1.82, 2.24) is 4.90 Å². The number of aliphatic carboxylic acids is 1. The van der Waals surface area contributed by atoms with Crippen LogP contribution in [0.5, 0.6) is 0 Å². The van der Waals surface area contributed by atoms with Crippen molar-refractivity contribution in [3.63, 3.8) is 0 Å². The summed E-state index contributed by atoms with van der Waals surface area (Å²) in [5.41, 5.74) is 5.83. The molecule has 1 heterocycles. The van der Waals surface area contributed by atoms with Gasteiger partial charge in [0.25, 0.3) is 0 Å². The average Bonchev–Trinajstić information content (AvgIpc) is 2.79. The van der Waals surface area contributed by atoms with Crippen LogP contribution in [-0.4, -0.2) is 35.1 Å². The third kappa shape index (κ3) is 2.02. The molecule has 0 aliphatic carbocycles. The zero-order chi connectivity index (χ0) is 13.2. The van der Waals surface area contributed by atoms with E-state index in [1.165, 1.54) is 0 Å². The topological polar surface area (TPSA) is 66.6 Å². The van der Waals surface area contributed by atoms with Gasteiger partial charge in [-0.3, -0.25) is 4.90 Å². The van der Waals surface area contributed by atoms with E-state index in [-0.39, 0.29) is 6.04 Å². The lowest BCUT2D eigenvalue weighted by molar-refractivity contribution is -0.152. The number of carbonyl (C=O) groups is 1. The average molecular weight is 248 g/mol. The zero-order valence-electron chi connectivity index (χ0n) is 10.7. The fourth-order valence-corrected chi connectivity index (χ4v) is 2.87. The van der Waals surface area contributed by atoms with Gasteiger partial charge in [0.1, 0.15) is 5.54 Å². The van der Waals surface area contributed by atoms with Crippen LogP contribution in [0.4, 0.5) is 0 Å². The Labute approximate surface area is 107 Å². The summed E-state index contributed by atoms with van der Waals surface area (Å²) in [7, 11) is 0. The van der Waals surface area contributed by atoms with Gasteiger partial charge in [0, 0.05) is 19.1 Å². The Morgan fingerprint density at radius 3 is 2.61 bits per heavy atom. The first kappa shape index (κ1) is 13.1. The van der Waals surface area contributed by atoms with Gasteiger partial charge in [-0.15, -0.1) is 0 Å². The van der Waals surface area contributed by atoms with Crippen molar-refractivity contribution in [2.75, 3.05) is 13.1 Å². The SMILES string of the molecule is CCC(C(=O)O)(c1ccccc1)N1CCC(N)C1. The third-order valence-corrected chi connectivity index (χ3v) is 3.88. The lowest BCUT2D eigenvalue weighted by Gasteiger charge is -2.38. The van der Waals surface area contributed by atoms with Gasteiger partial charge in [-0.05, 0) is 18.4 Å². The normalized spacial score (nSPS) is 23.8. The first-order valence-electron chi connectivity index (χ1n) is 6.40. The maximum atomic E-state index is 11.9. The molecule has 0 amide bonds. The second kappa shape index (κ2) is 5.08. The van der Waals surface area contributed by atoms with Crippen molar-refractivity contribution in [2.45, 2.75) is 31.3 Å². The summed E-state index contributed by atoms with van der Waals surface area (Å²) in [6, 6.07) is 9.54. The minimum Gasteiger partial charge on any atom is -0.480 e. The number of rotatable bonds is 4. The summed E-state index contributed by atoms with van der Waals surface area (Å²) in [6.45, 7) is 3.32. The van der Waals surface area contributed by atoms with Crippen LogP contribution >= 0.6 is 0 Å². The molecule has 3 N–H and O–H groups in total. The molecular formula is C14H20N2O2. The van der Waals surface area contributed by atoms with Crippen molar-refractivity contribution < 1.29 is 9.90 Å². The van der Waals surface area contributed by atoms with Gasteiger partial charge < -0.3 is 10.8 Å². The number of carboxylic acid groups (broad SMARTS) is 1. The number of nitrogens with zero attached hydrogens (tertiary/aromatic N) is 1. The summed E-state index contributed by atoms with van der Waals surface area (Å²) in [6.07, 6.45) is 1.40. The van der Waals surface area contributed by atoms with Crippen LogP contribution in [0.3, 0.4) is 0 Å². The van der Waals surface area contributed by atoms with E-state index in [1.807, 2.05) is 42.2 Å². The van der Waals surface area contributed by atoms with E-state index >= 15 is 0 Å². The van der Waals surface area contributed by atoms with Crippen molar-refractivity contribution in [3.05, 3.63) is 35.9 Å². The molecular weight excluding hydrogens is 228 g/mol. The molecule has 2 atom stereocenters. The molecule has 18 heavy (non-hydrogen) atoms. The fourth-order valence-electron chi connectivity index (χ4n) is 2.87. The Bertz CT molecular complexity index is 421. The smallest absolute Gasteiger partial charge is 0.328 e. The standard InChI is InChI=1S/C14H20N2O2/c1-2-14(13(17)18,11-6-4-3-5-7-11)16-9-8-12(15)10-16/h3-7,12H,2,8-10,15H2,1H3,(H,17,18). The van der Waals surface area contributed by atoms with Crippen LogP contribution in [0.25, 0.3) is 0 Å². The van der Waals surface area contributed by atoms with Crippen LogP contribution in [0.15, 0.2) is 30.3 Å².